The first-order valence-electron chi connectivity index (χ1n) is 7.88. The Hall–Kier alpha value is -1.93. The molecular formula is C16H22N2O5S. The van der Waals surface area contributed by atoms with Gasteiger partial charge in [-0.15, -0.1) is 0 Å². The Morgan fingerprint density at radius 1 is 1.29 bits per heavy atom. The maximum atomic E-state index is 12.6. The molecule has 0 spiro atoms. The topological polar surface area (TPSA) is 92.8 Å². The van der Waals surface area contributed by atoms with E-state index in [1.54, 1.807) is 24.0 Å². The summed E-state index contributed by atoms with van der Waals surface area (Å²) in [6, 6.07) is 5.94. The lowest BCUT2D eigenvalue weighted by atomic mass is 9.96. The lowest BCUT2D eigenvalue weighted by molar-refractivity contribution is -0.149. The van der Waals surface area contributed by atoms with Gasteiger partial charge in [0.2, 0.25) is 10.0 Å². The Morgan fingerprint density at radius 2 is 1.96 bits per heavy atom. The number of benzene rings is 1. The summed E-state index contributed by atoms with van der Waals surface area (Å²) in [5, 5.41) is 0. The molecule has 1 aliphatic rings. The smallest absolute Gasteiger partial charge is 0.309 e. The van der Waals surface area contributed by atoms with Crippen LogP contribution in [0.2, 0.25) is 0 Å². The molecule has 1 amide bonds. The van der Waals surface area contributed by atoms with Gasteiger partial charge in [0.05, 0.1) is 17.4 Å². The van der Waals surface area contributed by atoms with Gasteiger partial charge in [-0.1, -0.05) is 6.07 Å². The van der Waals surface area contributed by atoms with Crippen LogP contribution in [0.15, 0.2) is 29.2 Å². The van der Waals surface area contributed by atoms with E-state index in [-0.39, 0.29) is 22.7 Å². The number of carbonyl (C=O) groups is 2. The summed E-state index contributed by atoms with van der Waals surface area (Å²) < 4.78 is 30.9. The summed E-state index contributed by atoms with van der Waals surface area (Å²) in [4.78, 5) is 26.0. The molecule has 1 N–H and O–H groups in total. The third-order valence-corrected chi connectivity index (χ3v) is 5.47. The van der Waals surface area contributed by atoms with Crippen molar-refractivity contribution in [1.82, 2.24) is 9.62 Å². The van der Waals surface area contributed by atoms with Crippen LogP contribution < -0.4 is 4.72 Å². The van der Waals surface area contributed by atoms with Crippen LogP contribution in [-0.4, -0.2) is 51.9 Å². The summed E-state index contributed by atoms with van der Waals surface area (Å²) in [7, 11) is -2.27. The van der Waals surface area contributed by atoms with Crippen molar-refractivity contribution in [1.29, 1.82) is 0 Å². The van der Waals surface area contributed by atoms with Gasteiger partial charge in [-0.05, 0) is 45.0 Å². The number of nitrogens with one attached hydrogen (secondary N) is 1. The van der Waals surface area contributed by atoms with E-state index in [1.807, 2.05) is 0 Å². The van der Waals surface area contributed by atoms with E-state index in [0.29, 0.717) is 38.1 Å². The quantitative estimate of drug-likeness (QED) is 0.797. The molecular weight excluding hydrogens is 332 g/mol. The molecule has 0 radical (unpaired) electrons. The minimum atomic E-state index is -3.59. The number of nitrogens with zero attached hydrogens (tertiary/aromatic N) is 1. The highest BCUT2D eigenvalue weighted by molar-refractivity contribution is 7.89. The van der Waals surface area contributed by atoms with Gasteiger partial charge in [0.1, 0.15) is 0 Å². The van der Waals surface area contributed by atoms with Crippen LogP contribution in [0.3, 0.4) is 0 Å². The Morgan fingerprint density at radius 3 is 2.54 bits per heavy atom. The summed E-state index contributed by atoms with van der Waals surface area (Å²) in [5.41, 5.74) is 0.320. The van der Waals surface area contributed by atoms with Gasteiger partial charge in [0, 0.05) is 18.7 Å². The molecule has 0 bridgehead atoms. The van der Waals surface area contributed by atoms with Crippen LogP contribution in [0.5, 0.6) is 0 Å². The SMILES string of the molecule is CCOC(=O)C1CCN(C(=O)c2cccc(S(=O)(=O)NC)c2)CC1. The Labute approximate surface area is 142 Å². The second kappa shape index (κ2) is 7.76. The highest BCUT2D eigenvalue weighted by atomic mass is 32.2. The van der Waals surface area contributed by atoms with Crippen LogP contribution >= 0.6 is 0 Å². The predicted octanol–water partition coefficient (Wildman–Crippen LogP) is 1.01. The molecule has 0 unspecified atom stereocenters. The average molecular weight is 354 g/mol. The fraction of sp³-hybridized carbons (Fsp3) is 0.500. The van der Waals surface area contributed by atoms with Crippen molar-refractivity contribution in [2.75, 3.05) is 26.7 Å². The van der Waals surface area contributed by atoms with E-state index >= 15 is 0 Å². The summed E-state index contributed by atoms with van der Waals surface area (Å²) in [5.74, 6) is -0.623. The van der Waals surface area contributed by atoms with Gasteiger partial charge in [0.25, 0.3) is 5.91 Å². The molecule has 1 aromatic carbocycles. The van der Waals surface area contributed by atoms with Crippen LogP contribution in [0, 0.1) is 5.92 Å². The number of hydrogen-bond donors (Lipinski definition) is 1. The highest BCUT2D eigenvalue weighted by Gasteiger charge is 2.29. The van der Waals surface area contributed by atoms with Gasteiger partial charge in [-0.2, -0.15) is 0 Å². The maximum Gasteiger partial charge on any atom is 0.309 e. The van der Waals surface area contributed by atoms with E-state index in [2.05, 4.69) is 4.72 Å². The lowest BCUT2D eigenvalue weighted by Crippen LogP contribution is -2.40. The van der Waals surface area contributed by atoms with Crippen LogP contribution in [-0.2, 0) is 19.6 Å². The first-order chi connectivity index (χ1) is 11.4. The number of amides is 1. The number of piperidine rings is 1. The van der Waals surface area contributed by atoms with Crippen LogP contribution in [0.4, 0.5) is 0 Å². The van der Waals surface area contributed by atoms with E-state index < -0.39 is 10.0 Å². The van der Waals surface area contributed by atoms with Crippen LogP contribution in [0.25, 0.3) is 0 Å². The van der Waals surface area contributed by atoms with Crippen molar-refractivity contribution >= 4 is 21.9 Å². The molecule has 1 saturated heterocycles. The van der Waals surface area contributed by atoms with Gasteiger partial charge in [-0.25, -0.2) is 13.1 Å². The van der Waals surface area contributed by atoms with Crippen molar-refractivity contribution in [3.8, 4) is 0 Å². The van der Waals surface area contributed by atoms with Gasteiger partial charge in [0.15, 0.2) is 0 Å². The molecule has 0 saturated carbocycles. The zero-order valence-electron chi connectivity index (χ0n) is 13.8. The average Bonchev–Trinajstić information content (AvgIpc) is 2.61. The molecule has 132 valence electrons. The normalized spacial score (nSPS) is 16.0. The molecule has 1 fully saturated rings. The minimum Gasteiger partial charge on any atom is -0.466 e. The van der Waals surface area contributed by atoms with Crippen molar-refractivity contribution in [2.24, 2.45) is 5.92 Å². The third-order valence-electron chi connectivity index (χ3n) is 4.06. The fourth-order valence-electron chi connectivity index (χ4n) is 2.68. The van der Waals surface area contributed by atoms with Crippen molar-refractivity contribution < 1.29 is 22.7 Å². The number of ether oxygens (including phenoxy) is 1. The van der Waals surface area contributed by atoms with Crippen molar-refractivity contribution in [2.45, 2.75) is 24.7 Å². The number of esters is 1. The molecule has 1 aromatic rings. The van der Waals surface area contributed by atoms with Crippen molar-refractivity contribution in [3.63, 3.8) is 0 Å². The van der Waals surface area contributed by atoms with E-state index in [1.165, 1.54) is 19.2 Å². The van der Waals surface area contributed by atoms with E-state index in [4.69, 9.17) is 4.74 Å². The first kappa shape index (κ1) is 18.4. The predicted molar refractivity (Wildman–Crippen MR) is 87.9 cm³/mol. The van der Waals surface area contributed by atoms with E-state index in [0.717, 1.165) is 0 Å². The largest absolute Gasteiger partial charge is 0.466 e. The molecule has 0 aromatic heterocycles. The van der Waals surface area contributed by atoms with Gasteiger partial charge >= 0.3 is 5.97 Å². The number of rotatable bonds is 5. The second-order valence-corrected chi connectivity index (χ2v) is 7.44. The van der Waals surface area contributed by atoms with Gasteiger partial charge in [-0.3, -0.25) is 9.59 Å². The lowest BCUT2D eigenvalue weighted by Gasteiger charge is -2.31. The zero-order valence-corrected chi connectivity index (χ0v) is 14.6. The Kier molecular flexibility index (Phi) is 5.95. The molecule has 1 heterocycles. The Bertz CT molecular complexity index is 709. The highest BCUT2D eigenvalue weighted by Crippen LogP contribution is 2.21. The van der Waals surface area contributed by atoms with Crippen LogP contribution in [0.1, 0.15) is 30.1 Å². The molecule has 24 heavy (non-hydrogen) atoms. The molecule has 1 aliphatic heterocycles. The molecule has 0 atom stereocenters. The number of hydrogen-bond acceptors (Lipinski definition) is 5. The van der Waals surface area contributed by atoms with E-state index in [9.17, 15) is 18.0 Å². The second-order valence-electron chi connectivity index (χ2n) is 5.55. The zero-order chi connectivity index (χ0) is 17.7. The molecule has 7 nitrogen and oxygen atoms in total. The van der Waals surface area contributed by atoms with Gasteiger partial charge < -0.3 is 9.64 Å². The fourth-order valence-corrected chi connectivity index (χ4v) is 3.45. The number of sulfonamides is 1. The summed E-state index contributed by atoms with van der Waals surface area (Å²) in [6.45, 7) is 3.02. The monoisotopic (exact) mass is 354 g/mol. The minimum absolute atomic E-state index is 0.0530. The molecule has 0 aliphatic carbocycles. The molecule has 2 rings (SSSR count). The van der Waals surface area contributed by atoms with Crippen molar-refractivity contribution in [3.05, 3.63) is 29.8 Å². The number of likely N-dealkylation sites (tertiary alicyclic amines) is 1. The standard InChI is InChI=1S/C16H22N2O5S/c1-3-23-16(20)12-7-9-18(10-8-12)15(19)13-5-4-6-14(11-13)24(21,22)17-2/h4-6,11-12,17H,3,7-10H2,1-2H3. The summed E-state index contributed by atoms with van der Waals surface area (Å²) >= 11 is 0. The third kappa shape index (κ3) is 4.12. The number of carbonyl (C=O) groups excluding carboxylic acids is 2. The Balaban J connectivity index is 2.06. The molecule has 8 heteroatoms. The summed E-state index contributed by atoms with van der Waals surface area (Å²) in [6.07, 6.45) is 1.11. The maximum absolute atomic E-state index is 12.6. The first-order valence-corrected chi connectivity index (χ1v) is 9.37.